The van der Waals surface area contributed by atoms with Crippen molar-refractivity contribution in [1.29, 1.82) is 0 Å². The molecule has 0 aliphatic heterocycles. The summed E-state index contributed by atoms with van der Waals surface area (Å²) in [5.74, 6) is -0.872. The van der Waals surface area contributed by atoms with E-state index in [0.29, 0.717) is 13.0 Å². The van der Waals surface area contributed by atoms with E-state index in [4.69, 9.17) is 4.42 Å². The standard InChI is InChI=1S/C28H31N3O4/c32-25(20-29-27(33)24-16-9-19-35-24)31(18-17-21-10-3-1-4-11-21)26(22-12-5-2-6-13-22)28(34)30-23-14-7-8-15-23/h1-6,9-13,16,19,23,26H,7-8,14-15,17-18,20H2,(H,29,33)(H,30,34). The maximum absolute atomic E-state index is 13.6. The van der Waals surface area contributed by atoms with Crippen LogP contribution in [-0.2, 0) is 16.0 Å². The zero-order valence-electron chi connectivity index (χ0n) is 19.7. The summed E-state index contributed by atoms with van der Waals surface area (Å²) in [5.41, 5.74) is 1.80. The van der Waals surface area contributed by atoms with E-state index in [1.54, 1.807) is 11.0 Å². The van der Waals surface area contributed by atoms with Gasteiger partial charge in [0.25, 0.3) is 5.91 Å². The van der Waals surface area contributed by atoms with Crippen LogP contribution in [-0.4, -0.2) is 41.8 Å². The molecule has 0 spiro atoms. The molecule has 1 saturated carbocycles. The van der Waals surface area contributed by atoms with Gasteiger partial charge in [0.05, 0.1) is 12.8 Å². The van der Waals surface area contributed by atoms with Crippen molar-refractivity contribution in [3.05, 3.63) is 95.9 Å². The highest BCUT2D eigenvalue weighted by Crippen LogP contribution is 2.24. The average Bonchev–Trinajstić information content (AvgIpc) is 3.61. The van der Waals surface area contributed by atoms with Gasteiger partial charge in [-0.25, -0.2) is 0 Å². The second kappa shape index (κ2) is 12.0. The Hall–Kier alpha value is -3.87. The minimum atomic E-state index is -0.798. The Bertz CT molecular complexity index is 1090. The van der Waals surface area contributed by atoms with Gasteiger partial charge in [0, 0.05) is 12.6 Å². The lowest BCUT2D eigenvalue weighted by molar-refractivity contribution is -0.140. The number of nitrogens with one attached hydrogen (secondary N) is 2. The number of nitrogens with zero attached hydrogens (tertiary/aromatic N) is 1. The molecule has 1 aliphatic carbocycles. The Balaban J connectivity index is 1.57. The number of carbonyl (C=O) groups is 3. The molecule has 35 heavy (non-hydrogen) atoms. The second-order valence-electron chi connectivity index (χ2n) is 8.79. The van der Waals surface area contributed by atoms with Crippen molar-refractivity contribution < 1.29 is 18.8 Å². The summed E-state index contributed by atoms with van der Waals surface area (Å²) < 4.78 is 5.12. The Morgan fingerprint density at radius 2 is 1.60 bits per heavy atom. The van der Waals surface area contributed by atoms with E-state index in [1.165, 1.54) is 12.3 Å². The molecule has 3 aromatic rings. The third kappa shape index (κ3) is 6.59. The van der Waals surface area contributed by atoms with Crippen molar-refractivity contribution in [2.45, 2.75) is 44.2 Å². The number of hydrogen-bond donors (Lipinski definition) is 2. The van der Waals surface area contributed by atoms with Crippen molar-refractivity contribution >= 4 is 17.7 Å². The molecule has 1 aliphatic rings. The fourth-order valence-corrected chi connectivity index (χ4v) is 4.50. The van der Waals surface area contributed by atoms with Crippen LogP contribution < -0.4 is 10.6 Å². The fraction of sp³-hybridized carbons (Fsp3) is 0.321. The summed E-state index contributed by atoms with van der Waals surface area (Å²) in [6.45, 7) is 0.0888. The van der Waals surface area contributed by atoms with Crippen LogP contribution >= 0.6 is 0 Å². The normalized spacial score (nSPS) is 14.3. The topological polar surface area (TPSA) is 91.7 Å². The molecule has 0 saturated heterocycles. The van der Waals surface area contributed by atoms with E-state index in [0.717, 1.165) is 36.8 Å². The van der Waals surface area contributed by atoms with Crippen LogP contribution in [0.15, 0.2) is 83.5 Å². The molecule has 7 nitrogen and oxygen atoms in total. The minimum absolute atomic E-state index is 0.124. The van der Waals surface area contributed by atoms with Gasteiger partial charge in [-0.3, -0.25) is 14.4 Å². The number of rotatable bonds is 10. The smallest absolute Gasteiger partial charge is 0.287 e. The summed E-state index contributed by atoms with van der Waals surface area (Å²) in [6, 6.07) is 21.7. The van der Waals surface area contributed by atoms with Gasteiger partial charge in [0.2, 0.25) is 11.8 Å². The van der Waals surface area contributed by atoms with E-state index in [1.807, 2.05) is 60.7 Å². The molecular weight excluding hydrogens is 442 g/mol. The molecule has 1 unspecified atom stereocenters. The summed E-state index contributed by atoms with van der Waals surface area (Å²) >= 11 is 0. The molecule has 4 rings (SSSR count). The average molecular weight is 474 g/mol. The molecule has 1 aromatic heterocycles. The molecule has 2 N–H and O–H groups in total. The monoisotopic (exact) mass is 473 g/mol. The van der Waals surface area contributed by atoms with Gasteiger partial charge in [-0.05, 0) is 42.5 Å². The lowest BCUT2D eigenvalue weighted by Crippen LogP contribution is -2.49. The summed E-state index contributed by atoms with van der Waals surface area (Å²) in [5, 5.41) is 5.79. The van der Waals surface area contributed by atoms with Crippen LogP contribution in [0.25, 0.3) is 0 Å². The Kier molecular flexibility index (Phi) is 8.33. The highest BCUT2D eigenvalue weighted by atomic mass is 16.3. The van der Waals surface area contributed by atoms with Gasteiger partial charge < -0.3 is 20.0 Å². The minimum Gasteiger partial charge on any atom is -0.459 e. The maximum atomic E-state index is 13.6. The van der Waals surface area contributed by atoms with Gasteiger partial charge in [0.15, 0.2) is 5.76 Å². The van der Waals surface area contributed by atoms with E-state index in [9.17, 15) is 14.4 Å². The second-order valence-corrected chi connectivity index (χ2v) is 8.79. The van der Waals surface area contributed by atoms with E-state index in [2.05, 4.69) is 10.6 Å². The number of carbonyl (C=O) groups excluding carboxylic acids is 3. The molecule has 1 fully saturated rings. The summed E-state index contributed by atoms with van der Waals surface area (Å²) in [4.78, 5) is 41.0. The maximum Gasteiger partial charge on any atom is 0.287 e. The van der Waals surface area contributed by atoms with Crippen molar-refractivity contribution in [3.63, 3.8) is 0 Å². The van der Waals surface area contributed by atoms with Gasteiger partial charge in [-0.1, -0.05) is 73.5 Å². The molecule has 1 atom stereocenters. The van der Waals surface area contributed by atoms with E-state index >= 15 is 0 Å². The summed E-state index contributed by atoms with van der Waals surface area (Å²) in [6.07, 6.45) is 6.07. The first kappa shape index (κ1) is 24.3. The largest absolute Gasteiger partial charge is 0.459 e. The molecule has 0 bridgehead atoms. The number of furan rings is 1. The van der Waals surface area contributed by atoms with Crippen LogP contribution in [0.5, 0.6) is 0 Å². The zero-order valence-corrected chi connectivity index (χ0v) is 19.7. The van der Waals surface area contributed by atoms with Gasteiger partial charge in [-0.15, -0.1) is 0 Å². The van der Waals surface area contributed by atoms with Crippen LogP contribution in [0.4, 0.5) is 0 Å². The fourth-order valence-electron chi connectivity index (χ4n) is 4.50. The molecule has 3 amide bonds. The van der Waals surface area contributed by atoms with E-state index in [-0.39, 0.29) is 30.2 Å². The predicted octanol–water partition coefficient (Wildman–Crippen LogP) is 3.88. The Morgan fingerprint density at radius 1 is 0.914 bits per heavy atom. The number of hydrogen-bond acceptors (Lipinski definition) is 4. The number of amides is 3. The van der Waals surface area contributed by atoms with Gasteiger partial charge >= 0.3 is 0 Å². The highest BCUT2D eigenvalue weighted by Gasteiger charge is 2.33. The first-order valence-corrected chi connectivity index (χ1v) is 12.1. The highest BCUT2D eigenvalue weighted by molar-refractivity contribution is 5.95. The third-order valence-electron chi connectivity index (χ3n) is 6.33. The molecule has 7 heteroatoms. The lowest BCUT2D eigenvalue weighted by atomic mass is 10.0. The first-order chi connectivity index (χ1) is 17.1. The predicted molar refractivity (Wildman–Crippen MR) is 132 cm³/mol. The molecule has 0 radical (unpaired) electrons. The lowest BCUT2D eigenvalue weighted by Gasteiger charge is -2.32. The van der Waals surface area contributed by atoms with Crippen molar-refractivity contribution in [2.75, 3.05) is 13.1 Å². The zero-order chi connectivity index (χ0) is 24.5. The molecular formula is C28H31N3O4. The third-order valence-corrected chi connectivity index (χ3v) is 6.33. The Morgan fingerprint density at radius 3 is 2.26 bits per heavy atom. The van der Waals surface area contributed by atoms with Crippen LogP contribution in [0.1, 0.15) is 53.4 Å². The van der Waals surface area contributed by atoms with E-state index < -0.39 is 11.9 Å². The molecule has 182 valence electrons. The van der Waals surface area contributed by atoms with Crippen molar-refractivity contribution in [2.24, 2.45) is 0 Å². The van der Waals surface area contributed by atoms with Crippen molar-refractivity contribution in [3.8, 4) is 0 Å². The van der Waals surface area contributed by atoms with Gasteiger partial charge in [0.1, 0.15) is 6.04 Å². The quantitative estimate of drug-likeness (QED) is 0.468. The molecule has 1 heterocycles. The number of benzene rings is 2. The van der Waals surface area contributed by atoms with Gasteiger partial charge in [-0.2, -0.15) is 0 Å². The van der Waals surface area contributed by atoms with Crippen molar-refractivity contribution in [1.82, 2.24) is 15.5 Å². The molecule has 2 aromatic carbocycles. The Labute approximate surface area is 205 Å². The summed E-state index contributed by atoms with van der Waals surface area (Å²) in [7, 11) is 0. The first-order valence-electron chi connectivity index (χ1n) is 12.1. The van der Waals surface area contributed by atoms with Crippen LogP contribution in [0, 0.1) is 0 Å². The van der Waals surface area contributed by atoms with Crippen LogP contribution in [0.3, 0.4) is 0 Å². The SMILES string of the molecule is O=C(NCC(=O)N(CCc1ccccc1)C(C(=O)NC1CCCC1)c1ccccc1)c1ccco1. The van der Waals surface area contributed by atoms with Crippen LogP contribution in [0.2, 0.25) is 0 Å².